The van der Waals surface area contributed by atoms with Crippen LogP contribution in [0.5, 0.6) is 0 Å². The van der Waals surface area contributed by atoms with Crippen molar-refractivity contribution in [2.45, 2.75) is 6.42 Å². The number of hydrogen-bond donors (Lipinski definition) is 1. The Balaban J connectivity index is 0.00000200. The second kappa shape index (κ2) is 9.29. The first-order chi connectivity index (χ1) is 9.36. The molecule has 0 amide bonds. The van der Waals surface area contributed by atoms with Gasteiger partial charge >= 0.3 is 0 Å². The third-order valence-corrected chi connectivity index (χ3v) is 2.90. The fourth-order valence-corrected chi connectivity index (χ4v) is 1.87. The van der Waals surface area contributed by atoms with Crippen molar-refractivity contribution < 1.29 is 4.39 Å². The predicted molar refractivity (Wildman–Crippen MR) is 85.7 cm³/mol. The molecule has 3 heteroatoms. The largest absolute Gasteiger partial charge is 0.313 e. The lowest BCUT2D eigenvalue weighted by atomic mass is 10.1. The summed E-state index contributed by atoms with van der Waals surface area (Å²) in [6, 6.07) is 17.1. The number of benzene rings is 2. The summed E-state index contributed by atoms with van der Waals surface area (Å²) in [5.41, 5.74) is 1.96. The molecule has 0 fully saturated rings. The van der Waals surface area contributed by atoms with Gasteiger partial charge in [0.1, 0.15) is 5.82 Å². The Labute approximate surface area is 125 Å². The molecule has 0 aliphatic carbocycles. The molecular formula is C17H19ClFN. The molecule has 0 aromatic heterocycles. The van der Waals surface area contributed by atoms with E-state index in [1.54, 1.807) is 6.07 Å². The van der Waals surface area contributed by atoms with Gasteiger partial charge in [-0.1, -0.05) is 60.7 Å². The van der Waals surface area contributed by atoms with E-state index in [2.05, 4.69) is 29.6 Å². The molecule has 1 N–H and O–H groups in total. The van der Waals surface area contributed by atoms with E-state index >= 15 is 0 Å². The van der Waals surface area contributed by atoms with Crippen molar-refractivity contribution in [2.75, 3.05) is 13.1 Å². The quantitative estimate of drug-likeness (QED) is 0.790. The van der Waals surface area contributed by atoms with Gasteiger partial charge in [-0.05, 0) is 30.2 Å². The van der Waals surface area contributed by atoms with E-state index in [9.17, 15) is 4.39 Å². The summed E-state index contributed by atoms with van der Waals surface area (Å²) >= 11 is 0. The summed E-state index contributed by atoms with van der Waals surface area (Å²) in [7, 11) is 0. The Hall–Kier alpha value is -1.64. The van der Waals surface area contributed by atoms with Gasteiger partial charge in [0.05, 0.1) is 0 Å². The molecular weight excluding hydrogens is 273 g/mol. The number of rotatable bonds is 6. The summed E-state index contributed by atoms with van der Waals surface area (Å²) in [6.07, 6.45) is 4.87. The van der Waals surface area contributed by atoms with Crippen LogP contribution in [0.4, 0.5) is 4.39 Å². The van der Waals surface area contributed by atoms with Crippen LogP contribution in [0.15, 0.2) is 60.7 Å². The SMILES string of the molecule is Cl.Fc1ccccc1CCNC/C=C/c1ccccc1. The van der Waals surface area contributed by atoms with Gasteiger partial charge in [0.15, 0.2) is 0 Å². The van der Waals surface area contributed by atoms with Crippen LogP contribution >= 0.6 is 12.4 Å². The van der Waals surface area contributed by atoms with Crippen molar-refractivity contribution in [3.63, 3.8) is 0 Å². The molecule has 0 bridgehead atoms. The Morgan fingerprint density at radius 1 is 0.950 bits per heavy atom. The molecule has 106 valence electrons. The second-order valence-corrected chi connectivity index (χ2v) is 4.36. The standard InChI is InChI=1S/C17H18FN.ClH/c18-17-11-5-4-10-16(17)12-14-19-13-6-9-15-7-2-1-3-8-15;/h1-11,19H,12-14H2;1H/b9-6+;. The Morgan fingerprint density at radius 3 is 2.40 bits per heavy atom. The fourth-order valence-electron chi connectivity index (χ4n) is 1.87. The minimum absolute atomic E-state index is 0. The van der Waals surface area contributed by atoms with E-state index in [4.69, 9.17) is 0 Å². The van der Waals surface area contributed by atoms with Crippen LogP contribution in [0, 0.1) is 5.82 Å². The van der Waals surface area contributed by atoms with E-state index in [1.807, 2.05) is 30.3 Å². The summed E-state index contributed by atoms with van der Waals surface area (Å²) < 4.78 is 13.3. The smallest absolute Gasteiger partial charge is 0.126 e. The highest BCUT2D eigenvalue weighted by Crippen LogP contribution is 2.06. The molecule has 0 spiro atoms. The normalized spacial score (nSPS) is 10.4. The number of nitrogens with one attached hydrogen (secondary N) is 1. The zero-order valence-corrected chi connectivity index (χ0v) is 12.1. The van der Waals surface area contributed by atoms with Gasteiger partial charge in [0.2, 0.25) is 0 Å². The molecule has 1 nitrogen and oxygen atoms in total. The van der Waals surface area contributed by atoms with E-state index in [-0.39, 0.29) is 18.2 Å². The van der Waals surface area contributed by atoms with Crippen molar-refractivity contribution in [3.05, 3.63) is 77.6 Å². The second-order valence-electron chi connectivity index (χ2n) is 4.36. The first kappa shape index (κ1) is 16.4. The molecule has 0 heterocycles. The van der Waals surface area contributed by atoms with Gasteiger partial charge < -0.3 is 5.32 Å². The molecule has 0 atom stereocenters. The summed E-state index contributed by atoms with van der Waals surface area (Å²) in [4.78, 5) is 0. The number of halogens is 2. The van der Waals surface area contributed by atoms with E-state index in [0.717, 1.165) is 18.7 Å². The summed E-state index contributed by atoms with van der Waals surface area (Å²) in [5, 5.41) is 3.28. The molecule has 0 saturated carbocycles. The van der Waals surface area contributed by atoms with Crippen molar-refractivity contribution >= 4 is 18.5 Å². The topological polar surface area (TPSA) is 12.0 Å². The molecule has 2 aromatic rings. The average Bonchev–Trinajstić information content (AvgIpc) is 2.45. The summed E-state index contributed by atoms with van der Waals surface area (Å²) in [5.74, 6) is -0.121. The first-order valence-corrected chi connectivity index (χ1v) is 6.52. The Kier molecular flexibility index (Phi) is 7.63. The van der Waals surface area contributed by atoms with Gasteiger partial charge in [-0.15, -0.1) is 12.4 Å². The molecule has 0 radical (unpaired) electrons. The van der Waals surface area contributed by atoms with Crippen LogP contribution in [0.1, 0.15) is 11.1 Å². The number of hydrogen-bond acceptors (Lipinski definition) is 1. The van der Waals surface area contributed by atoms with Crippen LogP contribution in [-0.4, -0.2) is 13.1 Å². The minimum Gasteiger partial charge on any atom is -0.313 e. The van der Waals surface area contributed by atoms with E-state index in [0.29, 0.717) is 6.42 Å². The Morgan fingerprint density at radius 2 is 1.65 bits per heavy atom. The van der Waals surface area contributed by atoms with Gasteiger partial charge in [-0.3, -0.25) is 0 Å². The highest BCUT2D eigenvalue weighted by Gasteiger charge is 1.98. The third kappa shape index (κ3) is 5.55. The molecule has 20 heavy (non-hydrogen) atoms. The van der Waals surface area contributed by atoms with Crippen LogP contribution in [0.2, 0.25) is 0 Å². The molecule has 0 saturated heterocycles. The highest BCUT2D eigenvalue weighted by molar-refractivity contribution is 5.85. The zero-order valence-electron chi connectivity index (χ0n) is 11.3. The van der Waals surface area contributed by atoms with Crippen LogP contribution in [-0.2, 0) is 6.42 Å². The van der Waals surface area contributed by atoms with Gasteiger partial charge in [0.25, 0.3) is 0 Å². The maximum absolute atomic E-state index is 13.3. The fraction of sp³-hybridized carbons (Fsp3) is 0.176. The maximum atomic E-state index is 13.3. The van der Waals surface area contributed by atoms with Crippen LogP contribution < -0.4 is 5.32 Å². The molecule has 0 aliphatic rings. The lowest BCUT2D eigenvalue weighted by molar-refractivity contribution is 0.603. The van der Waals surface area contributed by atoms with Crippen molar-refractivity contribution in [2.24, 2.45) is 0 Å². The van der Waals surface area contributed by atoms with Gasteiger partial charge in [-0.25, -0.2) is 4.39 Å². The van der Waals surface area contributed by atoms with Crippen molar-refractivity contribution in [1.82, 2.24) is 5.32 Å². The monoisotopic (exact) mass is 291 g/mol. The lowest BCUT2D eigenvalue weighted by Crippen LogP contribution is -2.17. The zero-order chi connectivity index (χ0) is 13.3. The average molecular weight is 292 g/mol. The van der Waals surface area contributed by atoms with Gasteiger partial charge in [0, 0.05) is 6.54 Å². The van der Waals surface area contributed by atoms with Crippen LogP contribution in [0.25, 0.3) is 6.08 Å². The predicted octanol–water partition coefficient (Wildman–Crippen LogP) is 4.09. The maximum Gasteiger partial charge on any atom is 0.126 e. The Bertz CT molecular complexity index is 526. The van der Waals surface area contributed by atoms with E-state index in [1.165, 1.54) is 11.6 Å². The molecule has 0 unspecified atom stereocenters. The molecule has 2 aromatic carbocycles. The van der Waals surface area contributed by atoms with E-state index < -0.39 is 0 Å². The van der Waals surface area contributed by atoms with Crippen molar-refractivity contribution in [3.8, 4) is 0 Å². The lowest BCUT2D eigenvalue weighted by Gasteiger charge is -2.03. The minimum atomic E-state index is -0.121. The van der Waals surface area contributed by atoms with Gasteiger partial charge in [-0.2, -0.15) is 0 Å². The molecule has 0 aliphatic heterocycles. The van der Waals surface area contributed by atoms with Crippen LogP contribution in [0.3, 0.4) is 0 Å². The molecule has 2 rings (SSSR count). The van der Waals surface area contributed by atoms with Crippen molar-refractivity contribution in [1.29, 1.82) is 0 Å². The first-order valence-electron chi connectivity index (χ1n) is 6.52. The summed E-state index contributed by atoms with van der Waals surface area (Å²) in [6.45, 7) is 1.57. The third-order valence-electron chi connectivity index (χ3n) is 2.90. The highest BCUT2D eigenvalue weighted by atomic mass is 35.5.